The van der Waals surface area contributed by atoms with Gasteiger partial charge in [0, 0.05) is 24.0 Å². The molecule has 0 N–H and O–H groups in total. The fourth-order valence-electron chi connectivity index (χ4n) is 2.92. The van der Waals surface area contributed by atoms with E-state index in [0.29, 0.717) is 33.9 Å². The van der Waals surface area contributed by atoms with E-state index in [2.05, 4.69) is 18.1 Å². The molecule has 3 rings (SSSR count). The van der Waals surface area contributed by atoms with Crippen molar-refractivity contribution in [1.29, 1.82) is 0 Å². The van der Waals surface area contributed by atoms with Crippen molar-refractivity contribution in [3.63, 3.8) is 0 Å². The van der Waals surface area contributed by atoms with Gasteiger partial charge in [-0.15, -0.1) is 0 Å². The highest BCUT2D eigenvalue weighted by molar-refractivity contribution is 6.40. The van der Waals surface area contributed by atoms with Crippen molar-refractivity contribution in [2.75, 3.05) is 19.7 Å². The summed E-state index contributed by atoms with van der Waals surface area (Å²) in [5, 5.41) is 1.12. The Kier molecular flexibility index (Phi) is 11.0. The molecule has 5 nitrogen and oxygen atoms in total. The van der Waals surface area contributed by atoms with Gasteiger partial charge < -0.3 is 9.64 Å². The summed E-state index contributed by atoms with van der Waals surface area (Å²) >= 11 is 18.0. The predicted octanol–water partition coefficient (Wildman–Crippen LogP) is 7.58. The van der Waals surface area contributed by atoms with Crippen molar-refractivity contribution < 1.29 is 9.53 Å². The number of hydrogen-bond acceptors (Lipinski definition) is 3. The molecule has 174 valence electrons. The molecular weight excluding hydrogens is 481 g/mol. The van der Waals surface area contributed by atoms with Crippen LogP contribution in [0.1, 0.15) is 24.5 Å². The minimum atomic E-state index is -0.152. The van der Waals surface area contributed by atoms with Crippen molar-refractivity contribution in [3.8, 4) is 5.75 Å². The molecule has 0 unspecified atom stereocenters. The smallest absolute Gasteiger partial charge is 0.329 e. The minimum Gasteiger partial charge on any atom is -0.489 e. The molecule has 3 aromatic rings. The summed E-state index contributed by atoms with van der Waals surface area (Å²) in [6.45, 7) is 10.7. The van der Waals surface area contributed by atoms with Gasteiger partial charge in [0.2, 0.25) is 0 Å². The maximum Gasteiger partial charge on any atom is 0.329 e. The molecule has 33 heavy (non-hydrogen) atoms. The lowest BCUT2D eigenvalue weighted by Gasteiger charge is -2.22. The summed E-state index contributed by atoms with van der Waals surface area (Å²) in [6.07, 6.45) is 9.14. The molecule has 0 fully saturated rings. The molecule has 0 radical (unpaired) electrons. The zero-order valence-corrected chi connectivity index (χ0v) is 20.7. The van der Waals surface area contributed by atoms with Gasteiger partial charge in [0.05, 0.1) is 16.6 Å². The normalized spacial score (nSPS) is 10.1. The minimum absolute atomic E-state index is 0.152. The third-order valence-electron chi connectivity index (χ3n) is 4.50. The number of carbonyl (C=O) groups is 1. The van der Waals surface area contributed by atoms with E-state index in [0.717, 1.165) is 17.5 Å². The van der Waals surface area contributed by atoms with Crippen LogP contribution >= 0.6 is 34.8 Å². The Bertz CT molecular complexity index is 1020. The van der Waals surface area contributed by atoms with E-state index in [-0.39, 0.29) is 12.6 Å². The molecule has 0 bridgehead atoms. The average Bonchev–Trinajstić information content (AvgIpc) is 3.35. The number of halogens is 3. The van der Waals surface area contributed by atoms with Crippen molar-refractivity contribution in [2.24, 2.45) is 0 Å². The van der Waals surface area contributed by atoms with Gasteiger partial charge in [-0.05, 0) is 29.7 Å². The van der Waals surface area contributed by atoms with Crippen LogP contribution in [0.2, 0.25) is 15.1 Å². The second-order valence-corrected chi connectivity index (χ2v) is 8.07. The van der Waals surface area contributed by atoms with Crippen LogP contribution in [0.3, 0.4) is 0 Å². The highest BCUT2D eigenvalue weighted by atomic mass is 35.5. The molecule has 0 atom stereocenters. The number of rotatable bonds is 8. The van der Waals surface area contributed by atoms with Crippen LogP contribution in [0.5, 0.6) is 5.75 Å². The number of nitrogens with zero attached hydrogens (tertiary/aromatic N) is 3. The number of carbonyl (C=O) groups excluding carboxylic acids is 1. The van der Waals surface area contributed by atoms with E-state index < -0.39 is 0 Å². The first-order valence-electron chi connectivity index (χ1n) is 10.3. The average molecular weight is 507 g/mol. The quantitative estimate of drug-likeness (QED) is 0.316. The zero-order chi connectivity index (χ0) is 24.2. The summed E-state index contributed by atoms with van der Waals surface area (Å²) < 4.78 is 7.05. The van der Waals surface area contributed by atoms with Crippen molar-refractivity contribution in [3.05, 3.63) is 94.5 Å². The molecule has 1 heterocycles. The number of aromatic nitrogens is 2. The second kappa shape index (κ2) is 13.7. The molecule has 0 spiro atoms. The lowest BCUT2D eigenvalue weighted by Crippen LogP contribution is -2.37. The standard InChI is InChI=1S/C15H16Cl3N3O2.C10H10/c1-2-4-20(15(22)21-5-3-19-10-21)6-7-23-14-12(17)8-11(16)9-13(14)18;1-3-9-7-5-6-8-10(9)4-2/h3,5,8-10H,2,4,6-7H2,1H3;3-8H,1-2H2. The first-order valence-corrected chi connectivity index (χ1v) is 11.4. The molecule has 2 aromatic carbocycles. The zero-order valence-electron chi connectivity index (χ0n) is 18.4. The first-order chi connectivity index (χ1) is 15.9. The van der Waals surface area contributed by atoms with Gasteiger partial charge in [0.25, 0.3) is 0 Å². The number of amides is 1. The van der Waals surface area contributed by atoms with E-state index >= 15 is 0 Å². The van der Waals surface area contributed by atoms with Crippen LogP contribution in [0.15, 0.2) is 68.3 Å². The summed E-state index contributed by atoms with van der Waals surface area (Å²) in [7, 11) is 0. The van der Waals surface area contributed by atoms with Gasteiger partial charge in [-0.25, -0.2) is 9.78 Å². The van der Waals surface area contributed by atoms with E-state index in [1.54, 1.807) is 29.4 Å². The Morgan fingerprint density at radius 3 is 2.18 bits per heavy atom. The molecule has 0 aliphatic carbocycles. The topological polar surface area (TPSA) is 47.4 Å². The lowest BCUT2D eigenvalue weighted by molar-refractivity contribution is 0.184. The monoisotopic (exact) mass is 505 g/mol. The fourth-order valence-corrected chi connectivity index (χ4v) is 3.84. The Labute approximate surface area is 209 Å². The maximum absolute atomic E-state index is 12.3. The van der Waals surface area contributed by atoms with Gasteiger partial charge in [0.1, 0.15) is 12.9 Å². The Morgan fingerprint density at radius 2 is 1.70 bits per heavy atom. The van der Waals surface area contributed by atoms with Gasteiger partial charge >= 0.3 is 6.03 Å². The summed E-state index contributed by atoms with van der Waals surface area (Å²) in [6, 6.07) is 11.0. The third kappa shape index (κ3) is 7.97. The first kappa shape index (κ1) is 26.5. The largest absolute Gasteiger partial charge is 0.489 e. The molecule has 0 saturated heterocycles. The summed E-state index contributed by atoms with van der Waals surface area (Å²) in [4.78, 5) is 17.9. The third-order valence-corrected chi connectivity index (χ3v) is 5.28. The molecule has 1 aromatic heterocycles. The van der Waals surface area contributed by atoms with Crippen LogP contribution in [-0.4, -0.2) is 40.2 Å². The highest BCUT2D eigenvalue weighted by Crippen LogP contribution is 2.35. The van der Waals surface area contributed by atoms with Crippen LogP contribution in [-0.2, 0) is 0 Å². The summed E-state index contributed by atoms with van der Waals surface area (Å²) in [5.41, 5.74) is 2.27. The molecule has 0 saturated carbocycles. The molecular formula is C25H26Cl3N3O2. The molecule has 1 amide bonds. The predicted molar refractivity (Wildman–Crippen MR) is 138 cm³/mol. The molecule has 0 aliphatic rings. The highest BCUT2D eigenvalue weighted by Gasteiger charge is 2.15. The second-order valence-electron chi connectivity index (χ2n) is 6.82. The molecule has 8 heteroatoms. The Hall–Kier alpha value is -2.73. The van der Waals surface area contributed by atoms with Crippen LogP contribution < -0.4 is 4.74 Å². The maximum atomic E-state index is 12.3. The number of ether oxygens (including phenoxy) is 1. The number of imidazole rings is 1. The SMILES string of the molecule is C=Cc1ccccc1C=C.CCCN(CCOc1c(Cl)cc(Cl)cc1Cl)C(=O)n1ccnc1. The summed E-state index contributed by atoms with van der Waals surface area (Å²) in [5.74, 6) is 0.365. The fraction of sp³-hybridized carbons (Fsp3) is 0.200. The van der Waals surface area contributed by atoms with Crippen LogP contribution in [0.4, 0.5) is 4.79 Å². The van der Waals surface area contributed by atoms with Crippen molar-refractivity contribution >= 4 is 53.0 Å². The van der Waals surface area contributed by atoms with Crippen molar-refractivity contribution in [1.82, 2.24) is 14.5 Å². The van der Waals surface area contributed by atoms with Gasteiger partial charge in [0.15, 0.2) is 5.75 Å². The van der Waals surface area contributed by atoms with E-state index in [4.69, 9.17) is 39.5 Å². The Morgan fingerprint density at radius 1 is 1.09 bits per heavy atom. The van der Waals surface area contributed by atoms with Gasteiger partial charge in [-0.3, -0.25) is 4.57 Å². The van der Waals surface area contributed by atoms with Crippen molar-refractivity contribution in [2.45, 2.75) is 13.3 Å². The molecule has 0 aliphatic heterocycles. The van der Waals surface area contributed by atoms with E-state index in [1.807, 2.05) is 43.3 Å². The van der Waals surface area contributed by atoms with Crippen LogP contribution in [0, 0.1) is 0 Å². The van der Waals surface area contributed by atoms with Crippen LogP contribution in [0.25, 0.3) is 12.2 Å². The van der Waals surface area contributed by atoms with Gasteiger partial charge in [-0.2, -0.15) is 0 Å². The lowest BCUT2D eigenvalue weighted by atomic mass is 10.1. The Balaban J connectivity index is 0.000000321. The number of hydrogen-bond donors (Lipinski definition) is 0. The number of benzene rings is 2. The van der Waals surface area contributed by atoms with Gasteiger partial charge in [-0.1, -0.05) is 91.3 Å². The van der Waals surface area contributed by atoms with E-state index in [9.17, 15) is 4.79 Å². The van der Waals surface area contributed by atoms with E-state index in [1.165, 1.54) is 10.9 Å².